The summed E-state index contributed by atoms with van der Waals surface area (Å²) in [5, 5.41) is 16.6. The van der Waals surface area contributed by atoms with E-state index in [1.54, 1.807) is 20.2 Å². The zero-order valence-corrected chi connectivity index (χ0v) is 20.2. The van der Waals surface area contributed by atoms with Crippen LogP contribution in [-0.4, -0.2) is 36.8 Å². The highest BCUT2D eigenvalue weighted by Crippen LogP contribution is 2.24. The summed E-state index contributed by atoms with van der Waals surface area (Å²) in [5.74, 6) is 1.03. The van der Waals surface area contributed by atoms with Crippen LogP contribution in [0.3, 0.4) is 0 Å². The van der Waals surface area contributed by atoms with E-state index in [9.17, 15) is 5.11 Å². The fourth-order valence-corrected chi connectivity index (χ4v) is 3.80. The van der Waals surface area contributed by atoms with Gasteiger partial charge >= 0.3 is 0 Å². The Hall–Kier alpha value is -2.92. The number of hydrogen-bond donors (Lipinski definition) is 4. The minimum atomic E-state index is -0.897. The van der Waals surface area contributed by atoms with Crippen LogP contribution in [0.25, 0.3) is 11.2 Å². The first-order valence-electron chi connectivity index (χ1n) is 10.3. The van der Waals surface area contributed by atoms with E-state index in [-0.39, 0.29) is 0 Å². The van der Waals surface area contributed by atoms with Crippen LogP contribution in [0.2, 0.25) is 0 Å². The van der Waals surface area contributed by atoms with E-state index in [0.29, 0.717) is 42.6 Å². The number of aromatic nitrogens is 4. The van der Waals surface area contributed by atoms with Gasteiger partial charge in [0.05, 0.1) is 18.5 Å². The molecule has 0 spiro atoms. The Labute approximate surface area is 200 Å². The quantitative estimate of drug-likeness (QED) is 0.197. The second-order valence-corrected chi connectivity index (χ2v) is 9.53. The molecule has 5 N–H and O–H groups in total. The molecule has 0 atom stereocenters. The second-order valence-electron chi connectivity index (χ2n) is 8.29. The predicted molar refractivity (Wildman–Crippen MR) is 137 cm³/mol. The number of benzene rings is 2. The largest absolute Gasteiger partial charge is 0.398 e. The molecule has 0 saturated carbocycles. The van der Waals surface area contributed by atoms with Gasteiger partial charge in [0.1, 0.15) is 0 Å². The first kappa shape index (κ1) is 22.3. The normalized spacial score (nSPS) is 11.6. The fraction of sp³-hybridized carbons (Fsp3) is 0.261. The molecule has 0 aliphatic heterocycles. The van der Waals surface area contributed by atoms with Crippen LogP contribution < -0.4 is 16.4 Å². The summed E-state index contributed by atoms with van der Waals surface area (Å²) in [6.45, 7) is 4.93. The van der Waals surface area contributed by atoms with Gasteiger partial charge in [0.25, 0.3) is 0 Å². The molecule has 0 bridgehead atoms. The van der Waals surface area contributed by atoms with Crippen LogP contribution in [0.1, 0.15) is 25.0 Å². The van der Waals surface area contributed by atoms with Gasteiger partial charge in [0.15, 0.2) is 17.0 Å². The first-order valence-corrected chi connectivity index (χ1v) is 11.4. The highest BCUT2D eigenvalue weighted by Gasteiger charge is 2.17. The van der Waals surface area contributed by atoms with Crippen LogP contribution in [0.5, 0.6) is 0 Å². The zero-order chi connectivity index (χ0) is 22.7. The third kappa shape index (κ3) is 5.46. The van der Waals surface area contributed by atoms with E-state index in [1.807, 2.05) is 41.0 Å². The molecule has 0 unspecified atom stereocenters. The molecule has 2 aromatic carbocycles. The molecular weight excluding hydrogens is 517 g/mol. The molecule has 4 rings (SSSR count). The third-order valence-corrected chi connectivity index (χ3v) is 5.56. The van der Waals surface area contributed by atoms with Crippen molar-refractivity contribution in [2.24, 2.45) is 0 Å². The topological polar surface area (TPSA) is 114 Å². The molecule has 0 aliphatic carbocycles. The summed E-state index contributed by atoms with van der Waals surface area (Å²) in [6, 6.07) is 16.1. The monoisotopic (exact) mass is 543 g/mol. The zero-order valence-electron chi connectivity index (χ0n) is 18.0. The molecule has 0 radical (unpaired) electrons. The van der Waals surface area contributed by atoms with E-state index in [0.717, 1.165) is 20.4 Å². The number of nitrogen functional groups attached to an aromatic ring is 1. The van der Waals surface area contributed by atoms with Crippen LogP contribution in [-0.2, 0) is 13.1 Å². The Balaban J connectivity index is 1.68. The summed E-state index contributed by atoms with van der Waals surface area (Å²) in [5.41, 5.74) is 9.49. The van der Waals surface area contributed by atoms with Gasteiger partial charge in [0, 0.05) is 22.3 Å². The van der Waals surface area contributed by atoms with E-state index < -0.39 is 5.60 Å². The van der Waals surface area contributed by atoms with Crippen LogP contribution in [0.4, 0.5) is 17.5 Å². The molecule has 0 saturated heterocycles. The number of hydrogen-bond acceptors (Lipinski definition) is 7. The van der Waals surface area contributed by atoms with E-state index in [1.165, 1.54) is 0 Å². The van der Waals surface area contributed by atoms with Crippen molar-refractivity contribution in [3.63, 3.8) is 0 Å². The van der Waals surface area contributed by atoms with Crippen LogP contribution in [0.15, 0.2) is 54.9 Å². The number of aliphatic hydroxyl groups is 1. The summed E-state index contributed by atoms with van der Waals surface area (Å²) in [4.78, 5) is 13.9. The average molecular weight is 543 g/mol. The van der Waals surface area contributed by atoms with Crippen molar-refractivity contribution in [1.29, 1.82) is 0 Å². The Morgan fingerprint density at radius 1 is 1.09 bits per heavy atom. The fourth-order valence-electron chi connectivity index (χ4n) is 3.24. The molecule has 166 valence electrons. The molecular formula is C23H26IN7O. The van der Waals surface area contributed by atoms with Crippen molar-refractivity contribution in [3.8, 4) is 0 Å². The molecule has 4 aromatic rings. The van der Waals surface area contributed by atoms with Crippen molar-refractivity contribution < 1.29 is 5.11 Å². The number of halogens is 1. The van der Waals surface area contributed by atoms with Crippen molar-refractivity contribution in [3.05, 3.63) is 69.6 Å². The smallest absolute Gasteiger partial charge is 0.226 e. The SMILES string of the molecule is CC(C)(O)CNc1nc(NCc2cc(I)ccc2N)c2ncn(Cc3ccccc3)c2n1. The highest BCUT2D eigenvalue weighted by atomic mass is 127. The minimum Gasteiger partial charge on any atom is -0.398 e. The van der Waals surface area contributed by atoms with Crippen molar-refractivity contribution >= 4 is 51.2 Å². The van der Waals surface area contributed by atoms with Gasteiger partial charge in [-0.2, -0.15) is 9.97 Å². The molecule has 2 heterocycles. The van der Waals surface area contributed by atoms with Crippen LogP contribution >= 0.6 is 22.6 Å². The van der Waals surface area contributed by atoms with Crippen molar-refractivity contribution in [1.82, 2.24) is 19.5 Å². The van der Waals surface area contributed by atoms with Gasteiger partial charge in [0.2, 0.25) is 5.95 Å². The minimum absolute atomic E-state index is 0.314. The number of fused-ring (bicyclic) bond motifs is 1. The first-order chi connectivity index (χ1) is 15.3. The molecule has 8 nitrogen and oxygen atoms in total. The standard InChI is InChI=1S/C23H26IN7O/c1-23(2,32)13-27-22-29-20(26-11-16-10-17(24)8-9-18(16)25)19-21(30-22)31(14-28-19)12-15-6-4-3-5-7-15/h3-10,14,32H,11-13,25H2,1-2H3,(H2,26,27,29,30). The number of nitrogens with zero attached hydrogens (tertiary/aromatic N) is 4. The van der Waals surface area contributed by atoms with Gasteiger partial charge in [-0.25, -0.2) is 4.98 Å². The molecule has 9 heteroatoms. The van der Waals surface area contributed by atoms with Crippen molar-refractivity contribution in [2.75, 3.05) is 22.9 Å². The maximum absolute atomic E-state index is 10.1. The summed E-state index contributed by atoms with van der Waals surface area (Å²) in [6.07, 6.45) is 1.77. The number of anilines is 3. The molecule has 0 aliphatic rings. The number of rotatable bonds is 8. The molecule has 0 fully saturated rings. The van der Waals surface area contributed by atoms with Crippen LogP contribution in [0, 0.1) is 3.57 Å². The lowest BCUT2D eigenvalue weighted by atomic mass is 10.1. The second kappa shape index (κ2) is 9.29. The van der Waals surface area contributed by atoms with Gasteiger partial charge in [-0.05, 0) is 65.8 Å². The number of nitrogens with two attached hydrogens (primary N) is 1. The molecule has 2 aromatic heterocycles. The Kier molecular flexibility index (Phi) is 6.47. The Bertz CT molecular complexity index is 1220. The Morgan fingerprint density at radius 3 is 2.62 bits per heavy atom. The lowest BCUT2D eigenvalue weighted by molar-refractivity contribution is 0.0943. The van der Waals surface area contributed by atoms with Crippen molar-refractivity contribution in [2.45, 2.75) is 32.5 Å². The average Bonchev–Trinajstić information content (AvgIpc) is 3.16. The van der Waals surface area contributed by atoms with E-state index in [2.05, 4.69) is 60.3 Å². The summed E-state index contributed by atoms with van der Waals surface area (Å²) in [7, 11) is 0. The Morgan fingerprint density at radius 2 is 1.88 bits per heavy atom. The maximum Gasteiger partial charge on any atom is 0.226 e. The number of nitrogens with one attached hydrogen (secondary N) is 2. The van der Waals surface area contributed by atoms with Gasteiger partial charge in [-0.15, -0.1) is 0 Å². The molecule has 0 amide bonds. The highest BCUT2D eigenvalue weighted by molar-refractivity contribution is 14.1. The van der Waals surface area contributed by atoms with Gasteiger partial charge in [-0.3, -0.25) is 0 Å². The molecule has 32 heavy (non-hydrogen) atoms. The lowest BCUT2D eigenvalue weighted by Crippen LogP contribution is -2.30. The number of imidazole rings is 1. The summed E-state index contributed by atoms with van der Waals surface area (Å²) >= 11 is 2.27. The van der Waals surface area contributed by atoms with E-state index >= 15 is 0 Å². The van der Waals surface area contributed by atoms with Gasteiger partial charge in [-0.1, -0.05) is 30.3 Å². The predicted octanol–water partition coefficient (Wildman–Crippen LogP) is 3.86. The summed E-state index contributed by atoms with van der Waals surface area (Å²) < 4.78 is 3.10. The lowest BCUT2D eigenvalue weighted by Gasteiger charge is -2.18. The van der Waals surface area contributed by atoms with E-state index in [4.69, 9.17) is 5.73 Å². The van der Waals surface area contributed by atoms with Gasteiger partial charge < -0.3 is 26.0 Å². The maximum atomic E-state index is 10.1. The third-order valence-electron chi connectivity index (χ3n) is 4.89.